The van der Waals surface area contributed by atoms with E-state index in [2.05, 4.69) is 28.5 Å². The Bertz CT molecular complexity index is 2000. The zero-order valence-electron chi connectivity index (χ0n) is 29.1. The second-order valence-electron chi connectivity index (χ2n) is 14.1. The van der Waals surface area contributed by atoms with Crippen LogP contribution in [-0.4, -0.2) is 87.5 Å². The highest BCUT2D eigenvalue weighted by Gasteiger charge is 2.51. The van der Waals surface area contributed by atoms with E-state index in [1.165, 1.54) is 11.8 Å². The number of aryl methyl sites for hydroxylation is 1. The van der Waals surface area contributed by atoms with Crippen LogP contribution < -0.4 is 15.4 Å². The molecule has 4 aliphatic rings. The van der Waals surface area contributed by atoms with E-state index in [1.54, 1.807) is 24.8 Å². The summed E-state index contributed by atoms with van der Waals surface area (Å²) in [5, 5.41) is 4.52. The molecular weight excluding hydrogens is 687 g/mol. The van der Waals surface area contributed by atoms with Gasteiger partial charge in [0.2, 0.25) is 0 Å². The standard InChI is InChI=1S/C36H39F5N8O3/c1-5-7-21-10-25(42)31(38)29(30(21)36(39,40)41)28-12-26-24(18-51-28)32(47-8-6-9-49-23(17-47)11-27(45-49)33(50)46(3)4)44-34(43-26)52-19-35-13-20(2)15-48(35)16-22(37)14-35/h10-11,22,28H,2,6,8-9,12-19,42H2,1,3-4H3/t22-,28?,35+/m0/s1. The Labute approximate surface area is 297 Å². The second-order valence-corrected chi connectivity index (χ2v) is 14.1. The fourth-order valence-corrected chi connectivity index (χ4v) is 7.91. The van der Waals surface area contributed by atoms with Gasteiger partial charge in [0.25, 0.3) is 5.91 Å². The zero-order chi connectivity index (χ0) is 37.1. The monoisotopic (exact) mass is 726 g/mol. The first-order chi connectivity index (χ1) is 24.7. The Hall–Kier alpha value is -4.75. The second kappa shape index (κ2) is 13.3. The summed E-state index contributed by atoms with van der Waals surface area (Å²) in [4.78, 5) is 27.6. The van der Waals surface area contributed by atoms with Crippen LogP contribution in [0, 0.1) is 17.7 Å². The van der Waals surface area contributed by atoms with Crippen LogP contribution in [0.5, 0.6) is 6.01 Å². The normalized spacial score (nSPS) is 23.0. The van der Waals surface area contributed by atoms with Crippen molar-refractivity contribution in [1.82, 2.24) is 29.5 Å². The van der Waals surface area contributed by atoms with Crippen LogP contribution in [0.1, 0.15) is 76.4 Å². The van der Waals surface area contributed by atoms with Gasteiger partial charge in [-0.15, -0.1) is 5.92 Å². The zero-order valence-corrected chi connectivity index (χ0v) is 29.1. The van der Waals surface area contributed by atoms with Gasteiger partial charge in [-0.25, -0.2) is 8.78 Å². The number of benzene rings is 1. The first-order valence-corrected chi connectivity index (χ1v) is 17.0. The molecule has 276 valence electrons. The Morgan fingerprint density at radius 3 is 2.75 bits per heavy atom. The number of anilines is 2. The average Bonchev–Trinajstić information content (AvgIpc) is 3.66. The number of nitrogens with two attached hydrogens (primary N) is 1. The van der Waals surface area contributed by atoms with Crippen LogP contribution in [0.4, 0.5) is 33.5 Å². The molecule has 11 nitrogen and oxygen atoms in total. The minimum atomic E-state index is -4.97. The van der Waals surface area contributed by atoms with Gasteiger partial charge in [0.1, 0.15) is 18.6 Å². The minimum Gasteiger partial charge on any atom is -0.461 e. The van der Waals surface area contributed by atoms with Gasteiger partial charge in [0, 0.05) is 69.8 Å². The number of hydrogen-bond donors (Lipinski definition) is 1. The summed E-state index contributed by atoms with van der Waals surface area (Å²) in [6, 6.07) is 2.56. The lowest BCUT2D eigenvalue weighted by Crippen LogP contribution is -2.43. The number of aromatic nitrogens is 4. The number of ether oxygens (including phenoxy) is 2. The van der Waals surface area contributed by atoms with Gasteiger partial charge in [-0.2, -0.15) is 28.2 Å². The first-order valence-electron chi connectivity index (χ1n) is 17.0. The number of nitrogens with zero attached hydrogens (tertiary/aromatic N) is 7. The highest BCUT2D eigenvalue weighted by Crippen LogP contribution is 2.45. The van der Waals surface area contributed by atoms with Crippen LogP contribution in [-0.2, 0) is 37.0 Å². The van der Waals surface area contributed by atoms with Gasteiger partial charge in [0.15, 0.2) is 11.5 Å². The predicted octanol–water partition coefficient (Wildman–Crippen LogP) is 4.83. The third kappa shape index (κ3) is 6.44. The molecule has 16 heteroatoms. The summed E-state index contributed by atoms with van der Waals surface area (Å²) in [6.07, 6.45) is -6.24. The van der Waals surface area contributed by atoms with Gasteiger partial charge in [-0.3, -0.25) is 14.4 Å². The number of halogens is 5. The third-order valence-corrected chi connectivity index (χ3v) is 10.1. The highest BCUT2D eigenvalue weighted by atomic mass is 19.4. The maximum Gasteiger partial charge on any atom is 0.418 e. The fourth-order valence-electron chi connectivity index (χ4n) is 7.91. The molecule has 0 radical (unpaired) electrons. The molecule has 6 heterocycles. The van der Waals surface area contributed by atoms with Crippen molar-refractivity contribution in [2.75, 3.05) is 51.0 Å². The number of carbonyl (C=O) groups excluding carboxylic acids is 1. The number of nitrogen functional groups attached to an aromatic ring is 1. The third-order valence-electron chi connectivity index (χ3n) is 10.1. The molecule has 2 fully saturated rings. The maximum atomic E-state index is 15.7. The molecule has 0 saturated carbocycles. The summed E-state index contributed by atoms with van der Waals surface area (Å²) in [5.74, 6) is 3.81. The number of amides is 1. The lowest BCUT2D eigenvalue weighted by molar-refractivity contribution is -0.140. The summed E-state index contributed by atoms with van der Waals surface area (Å²) in [7, 11) is 3.29. The summed E-state index contributed by atoms with van der Waals surface area (Å²) < 4.78 is 88.2. The Kier molecular flexibility index (Phi) is 9.15. The van der Waals surface area contributed by atoms with Crippen molar-refractivity contribution in [3.63, 3.8) is 0 Å². The van der Waals surface area contributed by atoms with Crippen molar-refractivity contribution in [2.45, 2.75) is 76.3 Å². The van der Waals surface area contributed by atoms with Crippen molar-refractivity contribution in [2.24, 2.45) is 0 Å². The summed E-state index contributed by atoms with van der Waals surface area (Å²) in [5.41, 5.74) is 5.15. The smallest absolute Gasteiger partial charge is 0.418 e. The fraction of sp³-hybridized carbons (Fsp3) is 0.500. The van der Waals surface area contributed by atoms with E-state index in [0.717, 1.165) is 17.3 Å². The van der Waals surface area contributed by atoms with Crippen LogP contribution in [0.2, 0.25) is 0 Å². The Morgan fingerprint density at radius 2 is 2.02 bits per heavy atom. The highest BCUT2D eigenvalue weighted by molar-refractivity contribution is 5.92. The molecule has 0 bridgehead atoms. The average molecular weight is 727 g/mol. The van der Waals surface area contributed by atoms with E-state index in [1.807, 2.05) is 9.80 Å². The summed E-state index contributed by atoms with van der Waals surface area (Å²) in [6.45, 7) is 7.46. The van der Waals surface area contributed by atoms with E-state index in [9.17, 15) is 22.4 Å². The molecule has 3 atom stereocenters. The number of hydrogen-bond acceptors (Lipinski definition) is 9. The quantitative estimate of drug-likeness (QED) is 0.165. The van der Waals surface area contributed by atoms with Crippen molar-refractivity contribution < 1.29 is 36.2 Å². The molecule has 0 aliphatic carbocycles. The Morgan fingerprint density at radius 1 is 1.23 bits per heavy atom. The van der Waals surface area contributed by atoms with Crippen LogP contribution in [0.25, 0.3) is 0 Å². The van der Waals surface area contributed by atoms with Crippen molar-refractivity contribution in [1.29, 1.82) is 0 Å². The lowest BCUT2D eigenvalue weighted by Gasteiger charge is -2.33. The predicted molar refractivity (Wildman–Crippen MR) is 181 cm³/mol. The minimum absolute atomic E-state index is 0.0496. The number of fused-ring (bicyclic) bond motifs is 3. The van der Waals surface area contributed by atoms with Gasteiger partial charge >= 0.3 is 12.2 Å². The van der Waals surface area contributed by atoms with Crippen LogP contribution >= 0.6 is 0 Å². The molecule has 1 unspecified atom stereocenters. The lowest BCUT2D eigenvalue weighted by atomic mass is 9.91. The molecular formula is C36H39F5N8O3. The van der Waals surface area contributed by atoms with E-state index in [-0.39, 0.29) is 44.5 Å². The molecule has 52 heavy (non-hydrogen) atoms. The summed E-state index contributed by atoms with van der Waals surface area (Å²) >= 11 is 0. The van der Waals surface area contributed by atoms with E-state index >= 15 is 4.39 Å². The molecule has 1 amide bonds. The number of alkyl halides is 4. The molecule has 4 aliphatic heterocycles. The molecule has 2 saturated heterocycles. The van der Waals surface area contributed by atoms with Gasteiger partial charge in [-0.1, -0.05) is 18.1 Å². The van der Waals surface area contributed by atoms with Crippen molar-refractivity contribution in [3.05, 3.63) is 69.4 Å². The van der Waals surface area contributed by atoms with Crippen molar-refractivity contribution >= 4 is 17.4 Å². The Balaban J connectivity index is 1.29. The van der Waals surface area contributed by atoms with Gasteiger partial charge in [-0.05, 0) is 31.9 Å². The van der Waals surface area contributed by atoms with Gasteiger partial charge in [0.05, 0.1) is 47.4 Å². The number of carbonyl (C=O) groups is 1. The van der Waals surface area contributed by atoms with E-state index < -0.39 is 52.2 Å². The number of rotatable bonds is 6. The van der Waals surface area contributed by atoms with Gasteiger partial charge < -0.3 is 25.0 Å². The molecule has 3 aromatic rings. The first kappa shape index (κ1) is 35.6. The molecule has 1 aromatic carbocycles. The molecule has 2 N–H and O–H groups in total. The van der Waals surface area contributed by atoms with Crippen molar-refractivity contribution in [3.8, 4) is 17.9 Å². The molecule has 2 aromatic heterocycles. The van der Waals surface area contributed by atoms with Crippen LogP contribution in [0.3, 0.4) is 0 Å². The SMILES string of the molecule is C=C1CN2C[C@@H](F)C[C@@]2(COc2nc3c(c(N4CCCn5nc(C(=O)N(C)C)cc5C4)n2)COC(c2c(F)c(N)cc(C#CC)c2C(F)(F)F)C3)C1. The molecule has 0 spiro atoms. The van der Waals surface area contributed by atoms with E-state index in [4.69, 9.17) is 20.2 Å². The largest absolute Gasteiger partial charge is 0.461 e. The topological polar surface area (TPSA) is 115 Å². The van der Waals surface area contributed by atoms with Crippen LogP contribution in [0.15, 0.2) is 24.3 Å². The van der Waals surface area contributed by atoms with E-state index in [0.29, 0.717) is 61.8 Å². The maximum absolute atomic E-state index is 15.7. The molecule has 7 rings (SSSR count).